The van der Waals surface area contributed by atoms with Crippen molar-refractivity contribution in [2.45, 2.75) is 25.3 Å². The Labute approximate surface area is 127 Å². The van der Waals surface area contributed by atoms with Crippen LogP contribution in [-0.4, -0.2) is 28.7 Å². The molecule has 116 valence electrons. The van der Waals surface area contributed by atoms with Gasteiger partial charge < -0.3 is 20.7 Å². The maximum absolute atomic E-state index is 12.6. The monoisotopic (exact) mass is 301 g/mol. The molecule has 0 bridgehead atoms. The van der Waals surface area contributed by atoms with E-state index in [1.54, 1.807) is 12.3 Å². The van der Waals surface area contributed by atoms with E-state index in [2.05, 4.69) is 5.32 Å². The largest absolute Gasteiger partial charge is 0.398 e. The van der Waals surface area contributed by atoms with Crippen molar-refractivity contribution in [2.24, 2.45) is 0 Å². The first kappa shape index (κ1) is 14.6. The first-order chi connectivity index (χ1) is 10.6. The number of hydrogen-bond donors (Lipinski definition) is 3. The fourth-order valence-electron chi connectivity index (χ4n) is 2.61. The van der Waals surface area contributed by atoms with Crippen molar-refractivity contribution in [1.82, 2.24) is 9.88 Å². The van der Waals surface area contributed by atoms with Gasteiger partial charge in [0.25, 0.3) is 5.91 Å². The number of carbonyl (C=O) groups excluding carboxylic acids is 1. The average Bonchev–Trinajstić information content (AvgIpc) is 3.32. The van der Waals surface area contributed by atoms with Crippen LogP contribution in [0, 0.1) is 0 Å². The number of carbonyl (C=O) groups is 1. The molecular weight excluding hydrogens is 282 g/mol. The van der Waals surface area contributed by atoms with Crippen LogP contribution >= 0.6 is 0 Å². The highest BCUT2D eigenvalue weighted by Gasteiger charge is 2.27. The fourth-order valence-corrected chi connectivity index (χ4v) is 2.61. The van der Waals surface area contributed by atoms with Gasteiger partial charge in [-0.2, -0.15) is 0 Å². The molecule has 0 spiro atoms. The number of amides is 1. The Kier molecular flexibility index (Phi) is 3.85. The van der Waals surface area contributed by atoms with E-state index in [0.29, 0.717) is 30.1 Å². The Hall–Kier alpha value is -2.34. The van der Waals surface area contributed by atoms with Gasteiger partial charge in [-0.3, -0.25) is 9.59 Å². The van der Waals surface area contributed by atoms with E-state index in [1.165, 1.54) is 0 Å². The van der Waals surface area contributed by atoms with Gasteiger partial charge in [0.2, 0.25) is 5.43 Å². The van der Waals surface area contributed by atoms with Gasteiger partial charge >= 0.3 is 0 Å². The molecule has 0 radical (unpaired) electrons. The molecule has 1 aromatic carbocycles. The summed E-state index contributed by atoms with van der Waals surface area (Å²) in [5.41, 5.74) is 6.89. The van der Waals surface area contributed by atoms with Gasteiger partial charge in [0.1, 0.15) is 5.56 Å². The quantitative estimate of drug-likeness (QED) is 0.567. The molecule has 22 heavy (non-hydrogen) atoms. The normalized spacial score (nSPS) is 14.2. The van der Waals surface area contributed by atoms with Crippen molar-refractivity contribution >= 4 is 22.5 Å². The average molecular weight is 301 g/mol. The van der Waals surface area contributed by atoms with E-state index in [-0.39, 0.29) is 17.6 Å². The standard InChI is InChI=1S/C16H19N3O3/c17-12-3-1-4-13-14(12)15(21)11(9-19(13)10-5-6-10)16(22)18-7-2-8-20/h1,3-4,9-10,20H,2,5-8,17H2,(H,18,22). The van der Waals surface area contributed by atoms with Crippen LogP contribution in [-0.2, 0) is 0 Å². The zero-order valence-corrected chi connectivity index (χ0v) is 12.2. The van der Waals surface area contributed by atoms with Gasteiger partial charge in [0, 0.05) is 31.1 Å². The lowest BCUT2D eigenvalue weighted by Crippen LogP contribution is -2.31. The number of aromatic nitrogens is 1. The first-order valence-corrected chi connectivity index (χ1v) is 7.46. The minimum Gasteiger partial charge on any atom is -0.398 e. The number of hydrogen-bond acceptors (Lipinski definition) is 4. The zero-order chi connectivity index (χ0) is 15.7. The van der Waals surface area contributed by atoms with E-state index in [0.717, 1.165) is 18.4 Å². The highest BCUT2D eigenvalue weighted by atomic mass is 16.3. The topological polar surface area (TPSA) is 97.3 Å². The third kappa shape index (κ3) is 2.57. The number of aliphatic hydroxyl groups excluding tert-OH is 1. The second kappa shape index (κ2) is 5.81. The van der Waals surface area contributed by atoms with Crippen LogP contribution in [0.4, 0.5) is 5.69 Å². The van der Waals surface area contributed by atoms with Crippen LogP contribution in [0.15, 0.2) is 29.2 Å². The molecule has 0 aliphatic heterocycles. The Morgan fingerprint density at radius 1 is 1.41 bits per heavy atom. The molecule has 1 aliphatic rings. The molecule has 1 aliphatic carbocycles. The molecule has 6 nitrogen and oxygen atoms in total. The molecule has 2 aromatic rings. The van der Waals surface area contributed by atoms with Crippen LogP contribution < -0.4 is 16.5 Å². The van der Waals surface area contributed by atoms with Crippen molar-refractivity contribution in [1.29, 1.82) is 0 Å². The number of nitrogens with two attached hydrogens (primary N) is 1. The van der Waals surface area contributed by atoms with Gasteiger partial charge in [-0.1, -0.05) is 6.07 Å². The molecule has 1 saturated carbocycles. The Balaban J connectivity index is 2.11. The lowest BCUT2D eigenvalue weighted by molar-refractivity contribution is 0.0949. The number of nitrogens with one attached hydrogen (secondary N) is 1. The number of nitrogens with zero attached hydrogens (tertiary/aromatic N) is 1. The number of benzene rings is 1. The zero-order valence-electron chi connectivity index (χ0n) is 12.2. The van der Waals surface area contributed by atoms with Crippen LogP contribution in [0.3, 0.4) is 0 Å². The number of pyridine rings is 1. The van der Waals surface area contributed by atoms with Gasteiger partial charge in [0.15, 0.2) is 0 Å². The molecule has 1 amide bonds. The highest BCUT2D eigenvalue weighted by Crippen LogP contribution is 2.37. The van der Waals surface area contributed by atoms with E-state index >= 15 is 0 Å². The second-order valence-electron chi connectivity index (χ2n) is 5.58. The molecule has 0 atom stereocenters. The molecule has 6 heteroatoms. The number of aliphatic hydroxyl groups is 1. The Bertz CT molecular complexity index is 778. The van der Waals surface area contributed by atoms with E-state index in [4.69, 9.17) is 10.8 Å². The molecular formula is C16H19N3O3. The first-order valence-electron chi connectivity index (χ1n) is 7.46. The third-order valence-electron chi connectivity index (χ3n) is 3.90. The number of rotatable bonds is 5. The van der Waals surface area contributed by atoms with Crippen molar-refractivity contribution in [3.8, 4) is 0 Å². The summed E-state index contributed by atoms with van der Waals surface area (Å²) in [6.45, 7) is 0.331. The maximum atomic E-state index is 12.6. The summed E-state index contributed by atoms with van der Waals surface area (Å²) < 4.78 is 1.98. The van der Waals surface area contributed by atoms with E-state index in [1.807, 2.05) is 16.7 Å². The summed E-state index contributed by atoms with van der Waals surface area (Å²) >= 11 is 0. The number of fused-ring (bicyclic) bond motifs is 1. The van der Waals surface area contributed by atoms with Gasteiger partial charge in [-0.25, -0.2) is 0 Å². The second-order valence-corrected chi connectivity index (χ2v) is 5.58. The summed E-state index contributed by atoms with van der Waals surface area (Å²) in [6, 6.07) is 5.68. The van der Waals surface area contributed by atoms with Crippen LogP contribution in [0.2, 0.25) is 0 Å². The lowest BCUT2D eigenvalue weighted by Gasteiger charge is -2.13. The molecule has 0 saturated heterocycles. The SMILES string of the molecule is Nc1cccc2c1c(=O)c(C(=O)NCCCO)cn2C1CC1. The lowest BCUT2D eigenvalue weighted by atomic mass is 10.1. The van der Waals surface area contributed by atoms with Gasteiger partial charge in [0.05, 0.1) is 10.9 Å². The molecule has 4 N–H and O–H groups in total. The maximum Gasteiger partial charge on any atom is 0.256 e. The molecule has 0 unspecified atom stereocenters. The molecule has 1 heterocycles. The summed E-state index contributed by atoms with van der Waals surface area (Å²) in [5, 5.41) is 11.8. The van der Waals surface area contributed by atoms with E-state index in [9.17, 15) is 9.59 Å². The summed E-state index contributed by atoms with van der Waals surface area (Å²) in [4.78, 5) is 24.9. The third-order valence-corrected chi connectivity index (χ3v) is 3.90. The van der Waals surface area contributed by atoms with Gasteiger partial charge in [-0.15, -0.1) is 0 Å². The minimum atomic E-state index is -0.419. The molecule has 3 rings (SSSR count). The van der Waals surface area contributed by atoms with Crippen LogP contribution in [0.25, 0.3) is 10.9 Å². The van der Waals surface area contributed by atoms with Crippen molar-refractivity contribution < 1.29 is 9.90 Å². The van der Waals surface area contributed by atoms with Crippen molar-refractivity contribution in [3.05, 3.63) is 40.2 Å². The van der Waals surface area contributed by atoms with E-state index < -0.39 is 5.91 Å². The highest BCUT2D eigenvalue weighted by molar-refractivity contribution is 6.00. The summed E-state index contributed by atoms with van der Waals surface area (Å²) in [5.74, 6) is -0.419. The fraction of sp³-hybridized carbons (Fsp3) is 0.375. The number of anilines is 1. The minimum absolute atomic E-state index is 0.00272. The molecule has 1 fully saturated rings. The van der Waals surface area contributed by atoms with Crippen LogP contribution in [0.1, 0.15) is 35.7 Å². The molecule has 1 aromatic heterocycles. The Morgan fingerprint density at radius 2 is 2.18 bits per heavy atom. The summed E-state index contributed by atoms with van der Waals surface area (Å²) in [6.07, 6.45) is 4.17. The number of nitrogen functional groups attached to an aromatic ring is 1. The van der Waals surface area contributed by atoms with Crippen molar-refractivity contribution in [2.75, 3.05) is 18.9 Å². The predicted octanol–water partition coefficient (Wildman–Crippen LogP) is 1.03. The van der Waals surface area contributed by atoms with Gasteiger partial charge in [-0.05, 0) is 31.4 Å². The predicted molar refractivity (Wildman–Crippen MR) is 84.9 cm³/mol. The van der Waals surface area contributed by atoms with Crippen LogP contribution in [0.5, 0.6) is 0 Å². The smallest absolute Gasteiger partial charge is 0.256 e. The Morgan fingerprint density at radius 3 is 2.86 bits per heavy atom. The summed E-state index contributed by atoms with van der Waals surface area (Å²) in [7, 11) is 0. The van der Waals surface area contributed by atoms with Crippen molar-refractivity contribution in [3.63, 3.8) is 0 Å².